The molecule has 0 spiro atoms. The van der Waals surface area contributed by atoms with Gasteiger partial charge in [-0.15, -0.1) is 6.58 Å². The third-order valence-corrected chi connectivity index (χ3v) is 7.23. The van der Waals surface area contributed by atoms with Gasteiger partial charge in [-0.1, -0.05) is 66.7 Å². The van der Waals surface area contributed by atoms with Crippen LogP contribution in [0.3, 0.4) is 0 Å². The summed E-state index contributed by atoms with van der Waals surface area (Å²) in [4.78, 5) is 0. The fourth-order valence-corrected chi connectivity index (χ4v) is 4.59. The van der Waals surface area contributed by atoms with E-state index in [9.17, 15) is 0 Å². The number of allylic oxidation sites excluding steroid dienone is 1. The van der Waals surface area contributed by atoms with Crippen molar-refractivity contribution in [2.75, 3.05) is 0 Å². The molecule has 4 heteroatoms. The van der Waals surface area contributed by atoms with E-state index < -0.39 is 0 Å². The molecule has 0 unspecified atom stereocenters. The minimum atomic E-state index is -0.339. The molecular formula is C28H30BNO2. The molecule has 162 valence electrons. The Morgan fingerprint density at radius 2 is 1.31 bits per heavy atom. The van der Waals surface area contributed by atoms with Crippen LogP contribution in [-0.2, 0) is 15.9 Å². The molecule has 0 aliphatic carbocycles. The van der Waals surface area contributed by atoms with E-state index in [1.54, 1.807) is 0 Å². The molecule has 4 aromatic rings. The Labute approximate surface area is 190 Å². The summed E-state index contributed by atoms with van der Waals surface area (Å²) < 4.78 is 14.8. The average molecular weight is 423 g/mol. The molecule has 0 amide bonds. The van der Waals surface area contributed by atoms with Gasteiger partial charge in [-0.2, -0.15) is 0 Å². The van der Waals surface area contributed by atoms with Crippen LogP contribution < -0.4 is 5.46 Å². The highest BCUT2D eigenvalue weighted by atomic mass is 16.7. The third-order valence-electron chi connectivity index (χ3n) is 7.23. The zero-order valence-corrected chi connectivity index (χ0v) is 19.3. The summed E-state index contributed by atoms with van der Waals surface area (Å²) in [6.07, 6.45) is 2.05. The van der Waals surface area contributed by atoms with Crippen LogP contribution in [-0.4, -0.2) is 22.9 Å². The first-order valence-corrected chi connectivity index (χ1v) is 11.3. The lowest BCUT2D eigenvalue weighted by Gasteiger charge is -2.32. The topological polar surface area (TPSA) is 23.4 Å². The summed E-state index contributed by atoms with van der Waals surface area (Å²) in [5.74, 6) is 0.196. The Hall–Kier alpha value is -2.82. The first-order valence-electron chi connectivity index (χ1n) is 11.3. The number of para-hydroxylation sites is 2. The van der Waals surface area contributed by atoms with Gasteiger partial charge < -0.3 is 13.9 Å². The number of rotatable bonds is 5. The van der Waals surface area contributed by atoms with Crippen LogP contribution in [0, 0.1) is 0 Å². The van der Waals surface area contributed by atoms with Crippen molar-refractivity contribution in [1.29, 1.82) is 0 Å². The Kier molecular flexibility index (Phi) is 5.03. The molecule has 1 atom stereocenters. The third kappa shape index (κ3) is 3.39. The zero-order chi connectivity index (χ0) is 22.5. The summed E-state index contributed by atoms with van der Waals surface area (Å²) in [5, 5.41) is 2.59. The average Bonchev–Trinajstić information content (AvgIpc) is 3.22. The first kappa shape index (κ1) is 21.1. The lowest BCUT2D eigenvalue weighted by Crippen LogP contribution is -2.41. The van der Waals surface area contributed by atoms with Gasteiger partial charge in [-0.05, 0) is 50.9 Å². The Morgan fingerprint density at radius 3 is 1.81 bits per heavy atom. The smallest absolute Gasteiger partial charge is 0.399 e. The van der Waals surface area contributed by atoms with Gasteiger partial charge in [0.25, 0.3) is 0 Å². The van der Waals surface area contributed by atoms with Crippen molar-refractivity contribution < 1.29 is 9.31 Å². The van der Waals surface area contributed by atoms with Gasteiger partial charge in [0.2, 0.25) is 0 Å². The fraction of sp³-hybridized carbons (Fsp3) is 0.286. The zero-order valence-electron chi connectivity index (χ0n) is 19.3. The molecule has 3 aromatic carbocycles. The largest absolute Gasteiger partial charge is 0.494 e. The van der Waals surface area contributed by atoms with Crippen LogP contribution in [0.2, 0.25) is 0 Å². The van der Waals surface area contributed by atoms with Gasteiger partial charge >= 0.3 is 7.12 Å². The first-order chi connectivity index (χ1) is 15.3. The number of hydrogen-bond donors (Lipinski definition) is 0. The lowest BCUT2D eigenvalue weighted by molar-refractivity contribution is 0.00578. The Morgan fingerprint density at radius 1 is 0.812 bits per heavy atom. The van der Waals surface area contributed by atoms with E-state index in [0.717, 1.165) is 12.0 Å². The van der Waals surface area contributed by atoms with Crippen molar-refractivity contribution in [3.8, 4) is 0 Å². The standard InChI is InChI=1S/C28H30BNO2/c1-6-20(19-30-25-13-9-7-11-23(25)24-12-8-10-14-26(24)30)21-15-17-22(18-16-21)29-31-27(2,3)28(4,5)32-29/h6-18,20H,1,19H2,2-5H3/t20-/m1/s1. The predicted molar refractivity (Wildman–Crippen MR) is 135 cm³/mol. The molecule has 0 bridgehead atoms. The van der Waals surface area contributed by atoms with Crippen molar-refractivity contribution >= 4 is 34.4 Å². The van der Waals surface area contributed by atoms with Crippen LogP contribution in [0.15, 0.2) is 85.5 Å². The second-order valence-corrected chi connectivity index (χ2v) is 9.74. The summed E-state index contributed by atoms with van der Waals surface area (Å²) >= 11 is 0. The van der Waals surface area contributed by atoms with Gasteiger partial charge in [-0.25, -0.2) is 0 Å². The van der Waals surface area contributed by atoms with Gasteiger partial charge in [0, 0.05) is 34.3 Å². The summed E-state index contributed by atoms with van der Waals surface area (Å²) in [5.41, 5.74) is 4.13. The van der Waals surface area contributed by atoms with E-state index in [1.165, 1.54) is 27.4 Å². The summed E-state index contributed by atoms with van der Waals surface area (Å²) in [6.45, 7) is 13.3. The fourth-order valence-electron chi connectivity index (χ4n) is 4.59. The highest BCUT2D eigenvalue weighted by Crippen LogP contribution is 2.36. The van der Waals surface area contributed by atoms with E-state index >= 15 is 0 Å². The van der Waals surface area contributed by atoms with E-state index in [-0.39, 0.29) is 24.2 Å². The highest BCUT2D eigenvalue weighted by Gasteiger charge is 2.51. The van der Waals surface area contributed by atoms with Crippen LogP contribution >= 0.6 is 0 Å². The minimum Gasteiger partial charge on any atom is -0.399 e. The van der Waals surface area contributed by atoms with Crippen molar-refractivity contribution in [3.63, 3.8) is 0 Å². The Balaban J connectivity index is 1.45. The molecule has 3 nitrogen and oxygen atoms in total. The van der Waals surface area contributed by atoms with E-state index in [0.29, 0.717) is 0 Å². The van der Waals surface area contributed by atoms with Crippen LogP contribution in [0.25, 0.3) is 21.8 Å². The molecule has 32 heavy (non-hydrogen) atoms. The second-order valence-electron chi connectivity index (χ2n) is 9.74. The molecule has 1 fully saturated rings. The van der Waals surface area contributed by atoms with Crippen molar-refractivity contribution in [2.24, 2.45) is 0 Å². The number of hydrogen-bond acceptors (Lipinski definition) is 2. The van der Waals surface area contributed by atoms with Gasteiger partial charge in [0.1, 0.15) is 0 Å². The monoisotopic (exact) mass is 423 g/mol. The quantitative estimate of drug-likeness (QED) is 0.288. The number of benzene rings is 3. The normalized spacial score (nSPS) is 18.3. The lowest BCUT2D eigenvalue weighted by atomic mass is 9.78. The van der Waals surface area contributed by atoms with Crippen molar-refractivity contribution in [2.45, 2.75) is 51.4 Å². The van der Waals surface area contributed by atoms with Crippen LogP contribution in [0.5, 0.6) is 0 Å². The summed E-state index contributed by atoms with van der Waals surface area (Å²) in [7, 11) is -0.339. The highest BCUT2D eigenvalue weighted by molar-refractivity contribution is 6.62. The summed E-state index contributed by atoms with van der Waals surface area (Å²) in [6, 6.07) is 25.9. The SMILES string of the molecule is C=C[C@H](Cn1c2ccccc2c2ccccc21)c1ccc(B2OC(C)(C)C(C)(C)O2)cc1. The molecule has 1 aromatic heterocycles. The van der Waals surface area contributed by atoms with Gasteiger partial charge in [0.05, 0.1) is 11.2 Å². The molecule has 2 heterocycles. The molecule has 0 radical (unpaired) electrons. The molecule has 1 aliphatic heterocycles. The Bertz CT molecular complexity index is 1220. The maximum absolute atomic E-state index is 6.21. The molecule has 1 aliphatic rings. The minimum absolute atomic E-state index is 0.196. The van der Waals surface area contributed by atoms with E-state index in [2.05, 4.69) is 112 Å². The van der Waals surface area contributed by atoms with E-state index in [4.69, 9.17) is 9.31 Å². The number of aromatic nitrogens is 1. The molecule has 0 saturated carbocycles. The second kappa shape index (κ2) is 7.65. The van der Waals surface area contributed by atoms with Crippen LogP contribution in [0.1, 0.15) is 39.2 Å². The van der Waals surface area contributed by atoms with Crippen LogP contribution in [0.4, 0.5) is 0 Å². The maximum atomic E-state index is 6.21. The number of nitrogens with zero attached hydrogens (tertiary/aromatic N) is 1. The van der Waals surface area contributed by atoms with E-state index in [1.807, 2.05) is 6.08 Å². The molecular weight excluding hydrogens is 393 g/mol. The van der Waals surface area contributed by atoms with Crippen molar-refractivity contribution in [3.05, 3.63) is 91.0 Å². The molecule has 5 rings (SSSR count). The predicted octanol–water partition coefficient (Wildman–Crippen LogP) is 6.06. The molecule has 0 N–H and O–H groups in total. The van der Waals surface area contributed by atoms with Gasteiger partial charge in [-0.3, -0.25) is 0 Å². The maximum Gasteiger partial charge on any atom is 0.494 e. The number of fused-ring (bicyclic) bond motifs is 3. The van der Waals surface area contributed by atoms with Crippen molar-refractivity contribution in [1.82, 2.24) is 4.57 Å². The molecule has 1 saturated heterocycles. The van der Waals surface area contributed by atoms with Gasteiger partial charge in [0.15, 0.2) is 0 Å².